The highest BCUT2D eigenvalue weighted by molar-refractivity contribution is 7.80. The Morgan fingerprint density at radius 3 is 2.60 bits per heavy atom. The third-order valence-corrected chi connectivity index (χ3v) is 4.70. The van der Waals surface area contributed by atoms with Crippen molar-refractivity contribution in [2.45, 2.75) is 13.0 Å². The second kappa shape index (κ2) is 10.3. The zero-order valence-corrected chi connectivity index (χ0v) is 15.9. The smallest absolute Gasteiger partial charge is 0.251 e. The van der Waals surface area contributed by atoms with Gasteiger partial charge in [0, 0.05) is 45.8 Å². The van der Waals surface area contributed by atoms with Crippen LogP contribution in [0.15, 0.2) is 24.3 Å². The molecule has 1 fully saturated rings. The second-order valence-electron chi connectivity index (χ2n) is 6.17. The zero-order valence-electron chi connectivity index (χ0n) is 15.1. The Hall–Kier alpha value is -1.70. The van der Waals surface area contributed by atoms with Crippen LogP contribution >= 0.6 is 12.2 Å². The summed E-state index contributed by atoms with van der Waals surface area (Å²) < 4.78 is 5.35. The first-order valence-corrected chi connectivity index (χ1v) is 9.11. The summed E-state index contributed by atoms with van der Waals surface area (Å²) >= 11 is 5.45. The first-order valence-electron chi connectivity index (χ1n) is 8.70. The van der Waals surface area contributed by atoms with E-state index in [0.717, 1.165) is 56.5 Å². The lowest BCUT2D eigenvalue weighted by molar-refractivity contribution is 0.0376. The van der Waals surface area contributed by atoms with Gasteiger partial charge in [-0.15, -0.1) is 0 Å². The van der Waals surface area contributed by atoms with Crippen molar-refractivity contribution in [3.63, 3.8) is 0 Å². The van der Waals surface area contributed by atoms with E-state index in [1.165, 1.54) is 0 Å². The standard InChI is InChI=1S/C18H28N4O2S/c1-19-17(23)16-6-4-15(5-7-16)14-21(2)18(25)20-8-3-9-22-10-12-24-13-11-22/h4-7H,3,8-14H2,1-2H3,(H,19,23)(H,20,25). The lowest BCUT2D eigenvalue weighted by Crippen LogP contribution is -2.40. The van der Waals surface area contributed by atoms with Gasteiger partial charge in [-0.25, -0.2) is 0 Å². The molecule has 0 unspecified atom stereocenters. The van der Waals surface area contributed by atoms with E-state index in [1.807, 2.05) is 36.2 Å². The Morgan fingerprint density at radius 1 is 1.28 bits per heavy atom. The molecule has 1 saturated heterocycles. The van der Waals surface area contributed by atoms with Crippen LogP contribution in [0, 0.1) is 0 Å². The van der Waals surface area contributed by atoms with E-state index in [2.05, 4.69) is 15.5 Å². The lowest BCUT2D eigenvalue weighted by Gasteiger charge is -2.27. The van der Waals surface area contributed by atoms with Crippen molar-refractivity contribution in [3.8, 4) is 0 Å². The number of nitrogens with zero attached hydrogens (tertiary/aromatic N) is 2. The molecule has 0 aliphatic carbocycles. The Balaban J connectivity index is 1.68. The molecule has 6 nitrogen and oxygen atoms in total. The van der Waals surface area contributed by atoms with Crippen molar-refractivity contribution < 1.29 is 9.53 Å². The molecule has 2 rings (SSSR count). The first-order chi connectivity index (χ1) is 12.1. The van der Waals surface area contributed by atoms with Crippen LogP contribution in [0.5, 0.6) is 0 Å². The number of rotatable bonds is 7. The van der Waals surface area contributed by atoms with Gasteiger partial charge in [-0.3, -0.25) is 9.69 Å². The third-order valence-electron chi connectivity index (χ3n) is 4.24. The minimum atomic E-state index is -0.0719. The molecule has 25 heavy (non-hydrogen) atoms. The van der Waals surface area contributed by atoms with Crippen molar-refractivity contribution >= 4 is 23.2 Å². The topological polar surface area (TPSA) is 56.8 Å². The van der Waals surface area contributed by atoms with E-state index in [4.69, 9.17) is 17.0 Å². The van der Waals surface area contributed by atoms with Gasteiger partial charge in [0.15, 0.2) is 5.11 Å². The lowest BCUT2D eigenvalue weighted by atomic mass is 10.1. The van der Waals surface area contributed by atoms with E-state index >= 15 is 0 Å². The van der Waals surface area contributed by atoms with Gasteiger partial charge in [-0.2, -0.15) is 0 Å². The SMILES string of the molecule is CNC(=O)c1ccc(CN(C)C(=S)NCCCN2CCOCC2)cc1. The van der Waals surface area contributed by atoms with Gasteiger partial charge in [0.2, 0.25) is 0 Å². The van der Waals surface area contributed by atoms with Crippen molar-refractivity contribution in [1.29, 1.82) is 0 Å². The molecule has 1 amide bonds. The van der Waals surface area contributed by atoms with Crippen molar-refractivity contribution in [2.24, 2.45) is 0 Å². The summed E-state index contributed by atoms with van der Waals surface area (Å²) in [5, 5.41) is 6.69. The molecule has 1 aliphatic rings. The summed E-state index contributed by atoms with van der Waals surface area (Å²) in [7, 11) is 3.61. The van der Waals surface area contributed by atoms with Crippen LogP contribution in [-0.4, -0.2) is 74.3 Å². The fourth-order valence-corrected chi connectivity index (χ4v) is 2.88. The van der Waals surface area contributed by atoms with Gasteiger partial charge in [0.05, 0.1) is 13.2 Å². The maximum atomic E-state index is 11.6. The van der Waals surface area contributed by atoms with Crippen molar-refractivity contribution in [1.82, 2.24) is 20.4 Å². The summed E-state index contributed by atoms with van der Waals surface area (Å²) in [4.78, 5) is 16.0. The number of carbonyl (C=O) groups excluding carboxylic acids is 1. The monoisotopic (exact) mass is 364 g/mol. The minimum Gasteiger partial charge on any atom is -0.379 e. The van der Waals surface area contributed by atoms with E-state index in [1.54, 1.807) is 7.05 Å². The molecular formula is C18H28N4O2S. The van der Waals surface area contributed by atoms with E-state index in [9.17, 15) is 4.79 Å². The van der Waals surface area contributed by atoms with Gasteiger partial charge in [0.25, 0.3) is 5.91 Å². The summed E-state index contributed by atoms with van der Waals surface area (Å²) in [6.07, 6.45) is 1.06. The molecule has 1 aromatic carbocycles. The zero-order chi connectivity index (χ0) is 18.1. The molecule has 0 aromatic heterocycles. The number of thiocarbonyl (C=S) groups is 1. The van der Waals surface area contributed by atoms with Crippen LogP contribution < -0.4 is 10.6 Å². The van der Waals surface area contributed by atoms with Crippen LogP contribution in [0.1, 0.15) is 22.3 Å². The summed E-state index contributed by atoms with van der Waals surface area (Å²) in [5.41, 5.74) is 1.78. The fourth-order valence-electron chi connectivity index (χ4n) is 2.71. The third kappa shape index (κ3) is 6.61. The van der Waals surface area contributed by atoms with Crippen LogP contribution in [-0.2, 0) is 11.3 Å². The number of nitrogens with one attached hydrogen (secondary N) is 2. The Kier molecular flexibility index (Phi) is 8.11. The minimum absolute atomic E-state index is 0.0719. The van der Waals surface area contributed by atoms with E-state index < -0.39 is 0 Å². The molecule has 0 saturated carbocycles. The summed E-state index contributed by atoms with van der Waals surface area (Å²) in [6.45, 7) is 6.39. The number of hydrogen-bond donors (Lipinski definition) is 2. The quantitative estimate of drug-likeness (QED) is 0.558. The Labute approximate surface area is 155 Å². The highest BCUT2D eigenvalue weighted by Crippen LogP contribution is 2.07. The number of amides is 1. The number of morpholine rings is 1. The maximum Gasteiger partial charge on any atom is 0.251 e. The average molecular weight is 365 g/mol. The van der Waals surface area contributed by atoms with Gasteiger partial charge in [-0.1, -0.05) is 12.1 Å². The van der Waals surface area contributed by atoms with Crippen molar-refractivity contribution in [3.05, 3.63) is 35.4 Å². The number of hydrogen-bond acceptors (Lipinski definition) is 4. The van der Waals surface area contributed by atoms with Crippen LogP contribution in [0.4, 0.5) is 0 Å². The van der Waals surface area contributed by atoms with Gasteiger partial charge < -0.3 is 20.3 Å². The van der Waals surface area contributed by atoms with Gasteiger partial charge in [-0.05, 0) is 42.9 Å². The van der Waals surface area contributed by atoms with Gasteiger partial charge in [0.1, 0.15) is 0 Å². The fraction of sp³-hybridized carbons (Fsp3) is 0.556. The normalized spacial score (nSPS) is 14.8. The molecule has 0 atom stereocenters. The number of carbonyl (C=O) groups is 1. The molecule has 7 heteroatoms. The number of ether oxygens (including phenoxy) is 1. The molecule has 1 aromatic rings. The molecule has 0 radical (unpaired) electrons. The molecule has 1 aliphatic heterocycles. The van der Waals surface area contributed by atoms with Crippen LogP contribution in [0.2, 0.25) is 0 Å². The highest BCUT2D eigenvalue weighted by Gasteiger charge is 2.10. The average Bonchev–Trinajstić information content (AvgIpc) is 2.65. The highest BCUT2D eigenvalue weighted by atomic mass is 32.1. The molecule has 2 N–H and O–H groups in total. The van der Waals surface area contributed by atoms with Crippen molar-refractivity contribution in [2.75, 3.05) is 53.5 Å². The predicted octanol–water partition coefficient (Wildman–Crippen LogP) is 1.07. The number of benzene rings is 1. The Morgan fingerprint density at radius 2 is 1.96 bits per heavy atom. The maximum absolute atomic E-state index is 11.6. The molecule has 1 heterocycles. The molecule has 0 spiro atoms. The van der Waals surface area contributed by atoms with Gasteiger partial charge >= 0.3 is 0 Å². The predicted molar refractivity (Wildman–Crippen MR) is 104 cm³/mol. The van der Waals surface area contributed by atoms with E-state index in [0.29, 0.717) is 12.1 Å². The van der Waals surface area contributed by atoms with Crippen LogP contribution in [0.3, 0.4) is 0 Å². The largest absolute Gasteiger partial charge is 0.379 e. The molecule has 138 valence electrons. The van der Waals surface area contributed by atoms with E-state index in [-0.39, 0.29) is 5.91 Å². The molecule has 0 bridgehead atoms. The van der Waals surface area contributed by atoms with Crippen LogP contribution in [0.25, 0.3) is 0 Å². The molecular weight excluding hydrogens is 336 g/mol. The Bertz CT molecular complexity index is 559. The first kappa shape index (κ1) is 19.6. The summed E-state index contributed by atoms with van der Waals surface area (Å²) in [6, 6.07) is 7.59. The summed E-state index contributed by atoms with van der Waals surface area (Å²) in [5.74, 6) is -0.0719. The second-order valence-corrected chi connectivity index (χ2v) is 6.56.